The summed E-state index contributed by atoms with van der Waals surface area (Å²) >= 11 is 11.0. The molecule has 0 fully saturated rings. The van der Waals surface area contributed by atoms with Crippen molar-refractivity contribution in [2.45, 2.75) is 6.54 Å². The van der Waals surface area contributed by atoms with Gasteiger partial charge in [0, 0.05) is 0 Å². The second-order valence-corrected chi connectivity index (χ2v) is 5.22. The molecule has 6 heteroatoms. The third-order valence-corrected chi connectivity index (χ3v) is 3.67. The minimum absolute atomic E-state index is 0.0556. The van der Waals surface area contributed by atoms with E-state index in [4.69, 9.17) is 23.8 Å². The standard InChI is InChI=1S/C14H9ClF2N2S/c15-10-5-8(1-3-11(10)17)7-19-13-6-9(16)2-4-12(13)18-14(19)20/h1-6H,7H2,(H,18,20). The van der Waals surface area contributed by atoms with Gasteiger partial charge in [0.2, 0.25) is 0 Å². The van der Waals surface area contributed by atoms with Gasteiger partial charge >= 0.3 is 0 Å². The van der Waals surface area contributed by atoms with E-state index >= 15 is 0 Å². The van der Waals surface area contributed by atoms with Crippen molar-refractivity contribution in [3.05, 3.63) is 63.4 Å². The van der Waals surface area contributed by atoms with Crippen molar-refractivity contribution >= 4 is 34.9 Å². The van der Waals surface area contributed by atoms with Crippen molar-refractivity contribution in [1.29, 1.82) is 0 Å². The van der Waals surface area contributed by atoms with E-state index in [0.29, 0.717) is 16.8 Å². The van der Waals surface area contributed by atoms with Crippen molar-refractivity contribution in [2.24, 2.45) is 0 Å². The van der Waals surface area contributed by atoms with Crippen LogP contribution in [0.3, 0.4) is 0 Å². The molecule has 0 radical (unpaired) electrons. The summed E-state index contributed by atoms with van der Waals surface area (Å²) in [6.45, 7) is 0.391. The molecule has 0 aliphatic carbocycles. The molecule has 0 atom stereocenters. The van der Waals surface area contributed by atoms with E-state index in [1.54, 1.807) is 16.7 Å². The molecule has 0 aliphatic rings. The Kier molecular flexibility index (Phi) is 3.31. The summed E-state index contributed by atoms with van der Waals surface area (Å²) in [6, 6.07) is 8.88. The van der Waals surface area contributed by atoms with E-state index in [1.165, 1.54) is 24.3 Å². The first-order chi connectivity index (χ1) is 9.54. The van der Waals surface area contributed by atoms with Crippen LogP contribution in [-0.2, 0) is 6.54 Å². The van der Waals surface area contributed by atoms with Crippen LogP contribution in [-0.4, -0.2) is 9.55 Å². The average Bonchev–Trinajstić information content (AvgIpc) is 2.70. The topological polar surface area (TPSA) is 20.7 Å². The monoisotopic (exact) mass is 310 g/mol. The Morgan fingerprint density at radius 1 is 1.15 bits per heavy atom. The Balaban J connectivity index is 2.10. The van der Waals surface area contributed by atoms with Gasteiger partial charge in [-0.25, -0.2) is 8.78 Å². The first-order valence-corrected chi connectivity index (χ1v) is 6.65. The number of aromatic nitrogens is 2. The van der Waals surface area contributed by atoms with E-state index in [0.717, 1.165) is 11.1 Å². The van der Waals surface area contributed by atoms with Crippen LogP contribution in [0.4, 0.5) is 8.78 Å². The number of aromatic amines is 1. The molecule has 0 spiro atoms. The molecule has 1 N–H and O–H groups in total. The molecule has 2 aromatic carbocycles. The molecule has 0 saturated heterocycles. The van der Waals surface area contributed by atoms with Crippen molar-refractivity contribution in [3.8, 4) is 0 Å². The van der Waals surface area contributed by atoms with Gasteiger partial charge in [0.25, 0.3) is 0 Å². The average molecular weight is 311 g/mol. The number of hydrogen-bond donors (Lipinski definition) is 1. The normalized spacial score (nSPS) is 11.2. The minimum Gasteiger partial charge on any atom is -0.331 e. The number of benzene rings is 2. The lowest BCUT2D eigenvalue weighted by Gasteiger charge is -2.06. The van der Waals surface area contributed by atoms with E-state index in [1.807, 2.05) is 0 Å². The maximum Gasteiger partial charge on any atom is 0.178 e. The molecule has 0 aliphatic heterocycles. The number of imidazole rings is 1. The molecule has 1 aromatic heterocycles. The zero-order valence-electron chi connectivity index (χ0n) is 10.2. The third-order valence-electron chi connectivity index (χ3n) is 3.06. The number of rotatable bonds is 2. The zero-order chi connectivity index (χ0) is 14.3. The largest absolute Gasteiger partial charge is 0.331 e. The van der Waals surface area contributed by atoms with Gasteiger partial charge in [-0.1, -0.05) is 17.7 Å². The Morgan fingerprint density at radius 2 is 1.95 bits per heavy atom. The van der Waals surface area contributed by atoms with E-state index in [-0.39, 0.29) is 10.8 Å². The van der Waals surface area contributed by atoms with Crippen LogP contribution in [0.1, 0.15) is 5.56 Å². The Hall–Kier alpha value is -1.72. The van der Waals surface area contributed by atoms with Crippen LogP contribution < -0.4 is 0 Å². The maximum absolute atomic E-state index is 13.3. The summed E-state index contributed by atoms with van der Waals surface area (Å²) in [5.74, 6) is -0.804. The van der Waals surface area contributed by atoms with Gasteiger partial charge in [-0.15, -0.1) is 0 Å². The van der Waals surface area contributed by atoms with Gasteiger partial charge in [-0.3, -0.25) is 0 Å². The molecule has 3 rings (SSSR count). The fourth-order valence-electron chi connectivity index (χ4n) is 2.10. The fraction of sp³-hybridized carbons (Fsp3) is 0.0714. The molecule has 0 saturated carbocycles. The van der Waals surface area contributed by atoms with Gasteiger partial charge < -0.3 is 9.55 Å². The summed E-state index contributed by atoms with van der Waals surface area (Å²) in [5, 5.41) is 0.0556. The molecule has 0 amide bonds. The Morgan fingerprint density at radius 3 is 2.70 bits per heavy atom. The highest BCUT2D eigenvalue weighted by Gasteiger charge is 2.08. The van der Waals surface area contributed by atoms with Crippen LogP contribution in [0, 0.1) is 16.4 Å². The molecule has 0 unspecified atom stereocenters. The predicted octanol–water partition coefficient (Wildman–Crippen LogP) is 4.68. The molecule has 1 heterocycles. The van der Waals surface area contributed by atoms with Gasteiger partial charge in [0.1, 0.15) is 11.6 Å². The number of nitrogens with zero attached hydrogens (tertiary/aromatic N) is 1. The molecule has 2 nitrogen and oxygen atoms in total. The Labute approximate surface area is 123 Å². The molecular weight excluding hydrogens is 302 g/mol. The van der Waals surface area contributed by atoms with E-state index in [2.05, 4.69) is 4.98 Å². The number of hydrogen-bond acceptors (Lipinski definition) is 1. The fourth-order valence-corrected chi connectivity index (χ4v) is 2.58. The van der Waals surface area contributed by atoms with Gasteiger partial charge in [0.15, 0.2) is 4.77 Å². The first-order valence-electron chi connectivity index (χ1n) is 5.86. The quantitative estimate of drug-likeness (QED) is 0.682. The smallest absolute Gasteiger partial charge is 0.178 e. The third kappa shape index (κ3) is 2.34. The molecular formula is C14H9ClF2N2S. The number of H-pyrrole nitrogens is 1. The van der Waals surface area contributed by atoms with Crippen molar-refractivity contribution in [1.82, 2.24) is 9.55 Å². The van der Waals surface area contributed by atoms with Gasteiger partial charge in [-0.2, -0.15) is 0 Å². The summed E-state index contributed by atoms with van der Waals surface area (Å²) in [5.41, 5.74) is 2.21. The predicted molar refractivity (Wildman–Crippen MR) is 77.6 cm³/mol. The lowest BCUT2D eigenvalue weighted by Crippen LogP contribution is -2.00. The first kappa shape index (κ1) is 13.3. The molecule has 102 valence electrons. The number of halogens is 3. The Bertz CT molecular complexity index is 854. The van der Waals surface area contributed by atoms with Crippen LogP contribution in [0.25, 0.3) is 11.0 Å². The zero-order valence-corrected chi connectivity index (χ0v) is 11.7. The van der Waals surface area contributed by atoms with Gasteiger partial charge in [0.05, 0.1) is 22.6 Å². The minimum atomic E-state index is -0.469. The van der Waals surface area contributed by atoms with Crippen LogP contribution >= 0.6 is 23.8 Å². The second kappa shape index (κ2) is 5.00. The van der Waals surface area contributed by atoms with E-state index < -0.39 is 5.82 Å². The van der Waals surface area contributed by atoms with Crippen molar-refractivity contribution in [3.63, 3.8) is 0 Å². The lowest BCUT2D eigenvalue weighted by atomic mass is 10.2. The highest BCUT2D eigenvalue weighted by molar-refractivity contribution is 7.71. The molecule has 20 heavy (non-hydrogen) atoms. The maximum atomic E-state index is 13.3. The summed E-state index contributed by atoms with van der Waals surface area (Å²) in [6.07, 6.45) is 0. The second-order valence-electron chi connectivity index (χ2n) is 4.43. The highest BCUT2D eigenvalue weighted by Crippen LogP contribution is 2.20. The summed E-state index contributed by atoms with van der Waals surface area (Å²) in [4.78, 5) is 3.00. The van der Waals surface area contributed by atoms with Crippen LogP contribution in [0.5, 0.6) is 0 Å². The number of nitrogens with one attached hydrogen (secondary N) is 1. The van der Waals surface area contributed by atoms with Gasteiger partial charge in [-0.05, 0) is 48.1 Å². The highest BCUT2D eigenvalue weighted by atomic mass is 35.5. The van der Waals surface area contributed by atoms with Crippen LogP contribution in [0.15, 0.2) is 36.4 Å². The molecule has 3 aromatic rings. The van der Waals surface area contributed by atoms with Crippen molar-refractivity contribution < 1.29 is 8.78 Å². The van der Waals surface area contributed by atoms with E-state index in [9.17, 15) is 8.78 Å². The summed E-state index contributed by atoms with van der Waals surface area (Å²) in [7, 11) is 0. The van der Waals surface area contributed by atoms with Crippen LogP contribution in [0.2, 0.25) is 5.02 Å². The number of fused-ring (bicyclic) bond motifs is 1. The summed E-state index contributed by atoms with van der Waals surface area (Å²) < 4.78 is 28.7. The molecule has 0 bridgehead atoms. The van der Waals surface area contributed by atoms with Crippen molar-refractivity contribution in [2.75, 3.05) is 0 Å². The SMILES string of the molecule is Fc1ccc2[nH]c(=S)n(Cc3ccc(F)c(Cl)c3)c2c1. The lowest BCUT2D eigenvalue weighted by molar-refractivity contribution is 0.626.